The summed E-state index contributed by atoms with van der Waals surface area (Å²) in [6.45, 7) is 2.01. The van der Waals surface area contributed by atoms with Crippen LogP contribution >= 0.6 is 11.6 Å². The Labute approximate surface area is 114 Å². The van der Waals surface area contributed by atoms with Crippen LogP contribution in [0.3, 0.4) is 0 Å². The van der Waals surface area contributed by atoms with Crippen molar-refractivity contribution in [3.05, 3.63) is 50.8 Å². The molecule has 0 saturated carbocycles. The minimum Gasteiger partial charge on any atom is -0.323 e. The number of hydrogen-bond donors (Lipinski definition) is 1. The Morgan fingerprint density at radius 2 is 2.32 bits per heavy atom. The fraction of sp³-hybridized carbons (Fsp3) is 0.273. The van der Waals surface area contributed by atoms with E-state index in [2.05, 4.69) is 10.3 Å². The Balaban J connectivity index is 2.31. The zero-order chi connectivity index (χ0) is 14.0. The summed E-state index contributed by atoms with van der Waals surface area (Å²) in [6, 6.07) is 4.18. The second-order valence-electron chi connectivity index (χ2n) is 4.16. The second-order valence-corrected chi connectivity index (χ2v) is 4.60. The lowest BCUT2D eigenvalue weighted by Gasteiger charge is -2.03. The average molecular weight is 282 g/mol. The fourth-order valence-corrected chi connectivity index (χ4v) is 1.83. The summed E-state index contributed by atoms with van der Waals surface area (Å²) in [7, 11) is 0. The first-order valence-electron chi connectivity index (χ1n) is 5.56. The van der Waals surface area contributed by atoms with Gasteiger partial charge in [0, 0.05) is 17.1 Å². The first kappa shape index (κ1) is 13.4. The molecule has 0 fully saturated rings. The van der Waals surface area contributed by atoms with Gasteiger partial charge in [-0.2, -0.15) is 0 Å². The van der Waals surface area contributed by atoms with Crippen LogP contribution < -0.4 is 5.73 Å². The van der Waals surface area contributed by atoms with Gasteiger partial charge in [-0.3, -0.25) is 10.1 Å². The molecule has 2 N–H and O–H groups in total. The van der Waals surface area contributed by atoms with Crippen molar-refractivity contribution in [3.8, 4) is 0 Å². The third-order valence-electron chi connectivity index (χ3n) is 2.59. The van der Waals surface area contributed by atoms with Crippen molar-refractivity contribution < 1.29 is 4.92 Å². The molecule has 0 aliphatic rings. The highest BCUT2D eigenvalue weighted by Gasteiger charge is 2.15. The summed E-state index contributed by atoms with van der Waals surface area (Å²) in [6.07, 6.45) is 1.66. The van der Waals surface area contributed by atoms with Crippen molar-refractivity contribution in [3.63, 3.8) is 0 Å². The van der Waals surface area contributed by atoms with Crippen molar-refractivity contribution in [2.24, 2.45) is 5.73 Å². The smallest absolute Gasteiger partial charge is 0.274 e. The van der Waals surface area contributed by atoms with Crippen LogP contribution in [0.5, 0.6) is 0 Å². The topological polar surface area (TPSA) is 99.9 Å². The predicted molar refractivity (Wildman–Crippen MR) is 69.8 cm³/mol. The summed E-state index contributed by atoms with van der Waals surface area (Å²) >= 11 is 5.86. The van der Waals surface area contributed by atoms with E-state index in [4.69, 9.17) is 17.3 Å². The third kappa shape index (κ3) is 3.07. The van der Waals surface area contributed by atoms with Gasteiger partial charge in [0.05, 0.1) is 28.9 Å². The Kier molecular flexibility index (Phi) is 3.77. The lowest BCUT2D eigenvalue weighted by Crippen LogP contribution is -2.05. The third-order valence-corrected chi connectivity index (χ3v) is 2.83. The molecule has 1 aromatic heterocycles. The number of halogens is 1. The van der Waals surface area contributed by atoms with E-state index >= 15 is 0 Å². The van der Waals surface area contributed by atoms with Gasteiger partial charge >= 0.3 is 0 Å². The van der Waals surface area contributed by atoms with Crippen LogP contribution in [-0.4, -0.2) is 19.9 Å². The highest BCUT2D eigenvalue weighted by molar-refractivity contribution is 6.30. The normalized spacial score (nSPS) is 12.4. The molecule has 19 heavy (non-hydrogen) atoms. The summed E-state index contributed by atoms with van der Waals surface area (Å²) in [5.74, 6) is 0. The maximum Gasteiger partial charge on any atom is 0.274 e. The molecule has 7 nitrogen and oxygen atoms in total. The summed E-state index contributed by atoms with van der Waals surface area (Å²) in [5.41, 5.74) is 6.78. The molecule has 0 aliphatic carbocycles. The largest absolute Gasteiger partial charge is 0.323 e. The Bertz CT molecular complexity index is 611. The zero-order valence-electron chi connectivity index (χ0n) is 10.2. The highest BCUT2D eigenvalue weighted by atomic mass is 35.5. The van der Waals surface area contributed by atoms with Gasteiger partial charge in [0.25, 0.3) is 5.69 Å². The van der Waals surface area contributed by atoms with Crippen LogP contribution in [-0.2, 0) is 6.54 Å². The van der Waals surface area contributed by atoms with Crippen molar-refractivity contribution in [1.82, 2.24) is 15.0 Å². The summed E-state index contributed by atoms with van der Waals surface area (Å²) in [4.78, 5) is 10.5. The van der Waals surface area contributed by atoms with E-state index in [1.165, 1.54) is 16.8 Å². The molecule has 1 heterocycles. The number of rotatable bonds is 4. The van der Waals surface area contributed by atoms with E-state index in [0.29, 0.717) is 16.3 Å². The molecule has 0 bridgehead atoms. The molecular weight excluding hydrogens is 270 g/mol. The van der Waals surface area contributed by atoms with Crippen LogP contribution in [0, 0.1) is 10.1 Å². The van der Waals surface area contributed by atoms with Gasteiger partial charge in [0.2, 0.25) is 0 Å². The van der Waals surface area contributed by atoms with Crippen LogP contribution in [0.15, 0.2) is 24.4 Å². The maximum atomic E-state index is 10.9. The van der Waals surface area contributed by atoms with Crippen molar-refractivity contribution in [2.75, 3.05) is 0 Å². The Morgan fingerprint density at radius 1 is 1.58 bits per heavy atom. The molecular formula is C11H12ClN5O2. The lowest BCUT2D eigenvalue weighted by molar-refractivity contribution is -0.385. The van der Waals surface area contributed by atoms with E-state index in [-0.39, 0.29) is 18.3 Å². The maximum absolute atomic E-state index is 10.9. The van der Waals surface area contributed by atoms with Gasteiger partial charge in [0.1, 0.15) is 0 Å². The van der Waals surface area contributed by atoms with Gasteiger partial charge in [-0.15, -0.1) is 5.10 Å². The van der Waals surface area contributed by atoms with Gasteiger partial charge in [-0.05, 0) is 19.1 Å². The minimum absolute atomic E-state index is 0.00208. The molecule has 0 radical (unpaired) electrons. The van der Waals surface area contributed by atoms with Crippen LogP contribution in [0.2, 0.25) is 5.02 Å². The van der Waals surface area contributed by atoms with Crippen molar-refractivity contribution in [2.45, 2.75) is 19.5 Å². The molecule has 2 rings (SSSR count). The van der Waals surface area contributed by atoms with E-state index in [9.17, 15) is 10.1 Å². The molecule has 1 unspecified atom stereocenters. The average Bonchev–Trinajstić information content (AvgIpc) is 2.77. The molecule has 1 aromatic carbocycles. The monoisotopic (exact) mass is 281 g/mol. The van der Waals surface area contributed by atoms with Crippen LogP contribution in [0.25, 0.3) is 0 Å². The number of nitrogens with zero attached hydrogens (tertiary/aromatic N) is 4. The lowest BCUT2D eigenvalue weighted by atomic mass is 10.2. The molecule has 0 aliphatic heterocycles. The number of hydrogen-bond acceptors (Lipinski definition) is 5. The molecule has 0 saturated heterocycles. The van der Waals surface area contributed by atoms with Gasteiger partial charge in [0.15, 0.2) is 0 Å². The predicted octanol–water partition coefficient (Wildman–Crippen LogP) is 1.91. The second kappa shape index (κ2) is 5.33. The van der Waals surface area contributed by atoms with Gasteiger partial charge < -0.3 is 5.73 Å². The number of nitro groups is 1. The number of benzene rings is 1. The first-order valence-corrected chi connectivity index (χ1v) is 5.93. The minimum atomic E-state index is -0.449. The van der Waals surface area contributed by atoms with Gasteiger partial charge in [-0.1, -0.05) is 16.8 Å². The molecule has 1 atom stereocenters. The van der Waals surface area contributed by atoms with Crippen molar-refractivity contribution in [1.29, 1.82) is 0 Å². The Morgan fingerprint density at radius 3 is 2.89 bits per heavy atom. The number of nitrogens with two attached hydrogens (primary N) is 1. The Hall–Kier alpha value is -1.99. The van der Waals surface area contributed by atoms with Crippen LogP contribution in [0.1, 0.15) is 24.2 Å². The molecule has 0 spiro atoms. The number of aromatic nitrogens is 3. The quantitative estimate of drug-likeness (QED) is 0.681. The summed E-state index contributed by atoms with van der Waals surface area (Å²) in [5, 5.41) is 19.1. The molecule has 100 valence electrons. The molecule has 8 heteroatoms. The van der Waals surface area contributed by atoms with E-state index < -0.39 is 4.92 Å². The summed E-state index contributed by atoms with van der Waals surface area (Å²) < 4.78 is 1.50. The van der Waals surface area contributed by atoms with Gasteiger partial charge in [-0.25, -0.2) is 4.68 Å². The number of nitro benzene ring substituents is 1. The standard InChI is InChI=1S/C11H12ClN5O2/c1-7(13)10-6-16(15-14-10)5-8-4-9(12)2-3-11(8)17(18)19/h2-4,6-7H,5,13H2,1H3. The van der Waals surface area contributed by atoms with Crippen molar-refractivity contribution >= 4 is 17.3 Å². The highest BCUT2D eigenvalue weighted by Crippen LogP contribution is 2.23. The van der Waals surface area contributed by atoms with E-state index in [1.54, 1.807) is 19.2 Å². The van der Waals surface area contributed by atoms with Crippen LogP contribution in [0.4, 0.5) is 5.69 Å². The first-order chi connectivity index (χ1) is 8.97. The SMILES string of the molecule is CC(N)c1cn(Cc2cc(Cl)ccc2[N+](=O)[O-])nn1. The van der Waals surface area contributed by atoms with E-state index in [1.807, 2.05) is 0 Å². The molecule has 2 aromatic rings. The fourth-order valence-electron chi connectivity index (χ4n) is 1.63. The van der Waals surface area contributed by atoms with E-state index in [0.717, 1.165) is 0 Å². The molecule has 0 amide bonds. The zero-order valence-corrected chi connectivity index (χ0v) is 10.9.